The molecule has 20 heavy (non-hydrogen) atoms. The van der Waals surface area contributed by atoms with Crippen LogP contribution in [0.3, 0.4) is 0 Å². The highest BCUT2D eigenvalue weighted by Gasteiger charge is 2.20. The molecule has 0 amide bonds. The SMILES string of the molecule is COC(=O)c1ccc(S(=O)(=O)Nc2ccc(F)cn2)s1. The van der Waals surface area contributed by atoms with Gasteiger partial charge in [-0.1, -0.05) is 0 Å². The predicted octanol–water partition coefficient (Wildman–Crippen LogP) is 1.87. The summed E-state index contributed by atoms with van der Waals surface area (Å²) < 4.78 is 43.3. The standard InChI is InChI=1S/C11H9FN2O4S2/c1-18-11(15)8-3-5-10(19-8)20(16,17)14-9-4-2-7(12)6-13-9/h2-6H,1H3,(H,13,14). The van der Waals surface area contributed by atoms with Crippen LogP contribution >= 0.6 is 11.3 Å². The van der Waals surface area contributed by atoms with Crippen LogP contribution in [0.25, 0.3) is 0 Å². The number of nitrogens with zero attached hydrogens (tertiary/aromatic N) is 1. The lowest BCUT2D eigenvalue weighted by molar-refractivity contribution is 0.0606. The Morgan fingerprint density at radius 2 is 2.10 bits per heavy atom. The van der Waals surface area contributed by atoms with Gasteiger partial charge >= 0.3 is 5.97 Å². The van der Waals surface area contributed by atoms with Crippen molar-refractivity contribution in [2.45, 2.75) is 4.21 Å². The van der Waals surface area contributed by atoms with Crippen molar-refractivity contribution in [2.75, 3.05) is 11.8 Å². The Bertz CT molecular complexity index is 725. The first-order valence-corrected chi connectivity index (χ1v) is 7.55. The van der Waals surface area contributed by atoms with Gasteiger partial charge in [-0.05, 0) is 24.3 Å². The van der Waals surface area contributed by atoms with E-state index in [4.69, 9.17) is 0 Å². The second kappa shape index (κ2) is 5.55. The molecular formula is C11H9FN2O4S2. The van der Waals surface area contributed by atoms with Gasteiger partial charge in [0.15, 0.2) is 0 Å². The summed E-state index contributed by atoms with van der Waals surface area (Å²) in [5, 5.41) is 0. The maximum Gasteiger partial charge on any atom is 0.348 e. The van der Waals surface area contributed by atoms with Crippen LogP contribution in [-0.2, 0) is 14.8 Å². The van der Waals surface area contributed by atoms with E-state index in [0.717, 1.165) is 23.6 Å². The zero-order valence-corrected chi connectivity index (χ0v) is 11.8. The van der Waals surface area contributed by atoms with Gasteiger partial charge in [-0.3, -0.25) is 4.72 Å². The highest BCUT2D eigenvalue weighted by molar-refractivity contribution is 7.94. The van der Waals surface area contributed by atoms with Crippen molar-refractivity contribution in [1.82, 2.24) is 4.98 Å². The van der Waals surface area contributed by atoms with Gasteiger partial charge in [0.2, 0.25) is 0 Å². The van der Waals surface area contributed by atoms with Crippen LogP contribution in [-0.4, -0.2) is 26.5 Å². The lowest BCUT2D eigenvalue weighted by Gasteiger charge is -2.04. The number of halogens is 1. The number of sulfonamides is 1. The molecule has 2 rings (SSSR count). The molecule has 0 atom stereocenters. The zero-order valence-electron chi connectivity index (χ0n) is 10.2. The Morgan fingerprint density at radius 1 is 1.35 bits per heavy atom. The van der Waals surface area contributed by atoms with Gasteiger partial charge in [0, 0.05) is 0 Å². The van der Waals surface area contributed by atoms with Gasteiger partial charge < -0.3 is 4.74 Å². The number of hydrogen-bond donors (Lipinski definition) is 1. The molecule has 0 saturated carbocycles. The largest absolute Gasteiger partial charge is 0.465 e. The van der Waals surface area contributed by atoms with Crippen LogP contribution in [0.15, 0.2) is 34.7 Å². The van der Waals surface area contributed by atoms with Crippen LogP contribution in [0.2, 0.25) is 0 Å². The number of rotatable bonds is 4. The fourth-order valence-corrected chi connectivity index (χ4v) is 3.53. The summed E-state index contributed by atoms with van der Waals surface area (Å²) >= 11 is 0.768. The number of methoxy groups -OCH3 is 1. The topological polar surface area (TPSA) is 85.4 Å². The third kappa shape index (κ3) is 3.11. The highest BCUT2D eigenvalue weighted by atomic mass is 32.2. The number of nitrogens with one attached hydrogen (secondary N) is 1. The van der Waals surface area contributed by atoms with Crippen LogP contribution < -0.4 is 4.72 Å². The van der Waals surface area contributed by atoms with Crippen LogP contribution in [0.4, 0.5) is 10.2 Å². The Balaban J connectivity index is 2.24. The first kappa shape index (κ1) is 14.4. The van der Waals surface area contributed by atoms with Crippen molar-refractivity contribution < 1.29 is 22.3 Å². The van der Waals surface area contributed by atoms with Gasteiger partial charge in [-0.15, -0.1) is 11.3 Å². The molecule has 106 valence electrons. The summed E-state index contributed by atoms with van der Waals surface area (Å²) in [4.78, 5) is 15.0. The van der Waals surface area contributed by atoms with Gasteiger partial charge in [-0.25, -0.2) is 22.6 Å². The molecule has 2 heterocycles. The minimum absolute atomic E-state index is 0.0144. The zero-order chi connectivity index (χ0) is 14.8. The maximum absolute atomic E-state index is 12.7. The number of anilines is 1. The first-order valence-electron chi connectivity index (χ1n) is 5.25. The van der Waals surface area contributed by atoms with Gasteiger partial charge in [0.1, 0.15) is 20.7 Å². The van der Waals surface area contributed by atoms with E-state index in [2.05, 4.69) is 14.4 Å². The van der Waals surface area contributed by atoms with E-state index in [1.54, 1.807) is 0 Å². The number of aromatic nitrogens is 1. The molecule has 0 aromatic carbocycles. The molecule has 0 fully saturated rings. The molecule has 0 aliphatic rings. The molecule has 1 N–H and O–H groups in total. The average molecular weight is 316 g/mol. The quantitative estimate of drug-likeness (QED) is 0.870. The summed E-state index contributed by atoms with van der Waals surface area (Å²) in [6.07, 6.45) is 0.895. The Hall–Kier alpha value is -2.00. The van der Waals surface area contributed by atoms with Gasteiger partial charge in [0.25, 0.3) is 10.0 Å². The fraction of sp³-hybridized carbons (Fsp3) is 0.0909. The third-order valence-corrected chi connectivity index (χ3v) is 5.11. The first-order chi connectivity index (χ1) is 9.42. The van der Waals surface area contributed by atoms with Crippen molar-refractivity contribution in [1.29, 1.82) is 0 Å². The fourth-order valence-electron chi connectivity index (χ4n) is 1.30. The normalized spacial score (nSPS) is 11.1. The van der Waals surface area contributed by atoms with Crippen molar-refractivity contribution in [2.24, 2.45) is 0 Å². The molecule has 0 spiro atoms. The molecule has 6 nitrogen and oxygen atoms in total. The summed E-state index contributed by atoms with van der Waals surface area (Å²) in [6, 6.07) is 4.91. The van der Waals surface area contributed by atoms with E-state index in [-0.39, 0.29) is 14.9 Å². The lowest BCUT2D eigenvalue weighted by atomic mass is 10.5. The van der Waals surface area contributed by atoms with Gasteiger partial charge in [0.05, 0.1) is 13.3 Å². The Kier molecular flexibility index (Phi) is 4.00. The van der Waals surface area contributed by atoms with Crippen molar-refractivity contribution in [3.8, 4) is 0 Å². The molecule has 2 aromatic rings. The number of pyridine rings is 1. The second-order valence-corrected chi connectivity index (χ2v) is 6.57. The van der Waals surface area contributed by atoms with Gasteiger partial charge in [-0.2, -0.15) is 0 Å². The smallest absolute Gasteiger partial charge is 0.348 e. The minimum Gasteiger partial charge on any atom is -0.465 e. The molecule has 0 unspecified atom stereocenters. The molecular weight excluding hydrogens is 307 g/mol. The summed E-state index contributed by atoms with van der Waals surface area (Å²) in [5.74, 6) is -1.20. The molecule has 9 heteroatoms. The van der Waals surface area contributed by atoms with Crippen LogP contribution in [0.5, 0.6) is 0 Å². The molecule has 0 aliphatic carbocycles. The highest BCUT2D eigenvalue weighted by Crippen LogP contribution is 2.24. The van der Waals surface area contributed by atoms with Crippen molar-refractivity contribution >= 4 is 33.1 Å². The summed E-state index contributed by atoms with van der Waals surface area (Å²) in [6.45, 7) is 0. The van der Waals surface area contributed by atoms with Crippen molar-refractivity contribution in [3.63, 3.8) is 0 Å². The number of carbonyl (C=O) groups excluding carboxylic acids is 1. The number of hydrogen-bond acceptors (Lipinski definition) is 6. The molecule has 0 aliphatic heterocycles. The minimum atomic E-state index is -3.87. The van der Waals surface area contributed by atoms with E-state index >= 15 is 0 Å². The lowest BCUT2D eigenvalue weighted by Crippen LogP contribution is -2.12. The predicted molar refractivity (Wildman–Crippen MR) is 70.7 cm³/mol. The maximum atomic E-state index is 12.7. The number of thiophene rings is 1. The van der Waals surface area contributed by atoms with E-state index in [9.17, 15) is 17.6 Å². The van der Waals surface area contributed by atoms with Crippen molar-refractivity contribution in [3.05, 3.63) is 41.2 Å². The van der Waals surface area contributed by atoms with E-state index in [0.29, 0.717) is 0 Å². The monoisotopic (exact) mass is 316 g/mol. The average Bonchev–Trinajstić information content (AvgIpc) is 2.91. The third-order valence-electron chi connectivity index (χ3n) is 2.20. The molecule has 2 aromatic heterocycles. The summed E-state index contributed by atoms with van der Waals surface area (Å²) in [7, 11) is -2.67. The van der Waals surface area contributed by atoms with Crippen LogP contribution in [0.1, 0.15) is 9.67 Å². The molecule has 0 bridgehead atoms. The van der Waals surface area contributed by atoms with E-state index in [1.165, 1.54) is 25.3 Å². The van der Waals surface area contributed by atoms with E-state index in [1.807, 2.05) is 0 Å². The number of ether oxygens (including phenoxy) is 1. The molecule has 0 radical (unpaired) electrons. The van der Waals surface area contributed by atoms with Crippen LogP contribution in [0, 0.1) is 5.82 Å². The molecule has 0 saturated heterocycles. The Labute approximate surface area is 118 Å². The van der Waals surface area contributed by atoms with E-state index < -0.39 is 21.8 Å². The number of esters is 1. The second-order valence-electron chi connectivity index (χ2n) is 3.58. The number of carbonyl (C=O) groups is 1. The summed E-state index contributed by atoms with van der Waals surface area (Å²) in [5.41, 5.74) is 0. The Morgan fingerprint density at radius 3 is 2.70 bits per heavy atom.